The van der Waals surface area contributed by atoms with Gasteiger partial charge in [-0.2, -0.15) is 0 Å². The lowest BCUT2D eigenvalue weighted by Gasteiger charge is -2.51. The second-order valence-electron chi connectivity index (χ2n) is 13.4. The number of aromatic hydroxyl groups is 1. The predicted molar refractivity (Wildman–Crippen MR) is 189 cm³/mol. The summed E-state index contributed by atoms with van der Waals surface area (Å²) < 4.78 is 11.3. The Labute approximate surface area is 292 Å². The molecule has 0 saturated carbocycles. The lowest BCUT2D eigenvalue weighted by molar-refractivity contribution is -0.152. The first-order valence-corrected chi connectivity index (χ1v) is 18.2. The van der Waals surface area contributed by atoms with Gasteiger partial charge in [0.2, 0.25) is 5.91 Å². The third kappa shape index (κ3) is 8.63. The Balaban J connectivity index is 1.32. The molecule has 3 aliphatic rings. The van der Waals surface area contributed by atoms with E-state index in [0.717, 1.165) is 60.1 Å². The number of rotatable bonds is 15. The van der Waals surface area contributed by atoms with Crippen LogP contribution in [0.3, 0.4) is 0 Å². The highest BCUT2D eigenvalue weighted by atomic mass is 32.1. The van der Waals surface area contributed by atoms with Crippen molar-refractivity contribution in [2.45, 2.75) is 96.6 Å². The maximum absolute atomic E-state index is 13.4. The number of ether oxygens (including phenoxy) is 2. The number of thiophene rings is 1. The minimum atomic E-state index is -0.680. The summed E-state index contributed by atoms with van der Waals surface area (Å²) in [6, 6.07) is 6.57. The Hall–Kier alpha value is -3.93. The second kappa shape index (κ2) is 16.7. The van der Waals surface area contributed by atoms with Gasteiger partial charge < -0.3 is 35.2 Å². The summed E-state index contributed by atoms with van der Waals surface area (Å²) in [6.45, 7) is 9.99. The molecule has 5 rings (SSSR count). The van der Waals surface area contributed by atoms with E-state index in [0.29, 0.717) is 29.9 Å². The lowest BCUT2D eigenvalue weighted by atomic mass is 9.73. The number of β-lactam (4-membered cyclic amide) rings is 1. The molecule has 3 heterocycles. The third-order valence-corrected chi connectivity index (χ3v) is 10.7. The van der Waals surface area contributed by atoms with Gasteiger partial charge in [0, 0.05) is 28.6 Å². The van der Waals surface area contributed by atoms with Gasteiger partial charge in [0.25, 0.3) is 5.91 Å². The Morgan fingerprint density at radius 3 is 2.71 bits per heavy atom. The zero-order valence-electron chi connectivity index (χ0n) is 28.8. The number of hydrogen-bond acceptors (Lipinski definition) is 8. The molecule has 1 fully saturated rings. The molecule has 1 aromatic heterocycles. The molecule has 1 saturated heterocycles. The summed E-state index contributed by atoms with van der Waals surface area (Å²) >= 11 is 1.49. The van der Waals surface area contributed by atoms with Crippen LogP contribution in [0.5, 0.6) is 11.5 Å². The Morgan fingerprint density at radius 2 is 2.00 bits per heavy atom. The van der Waals surface area contributed by atoms with Crippen LogP contribution in [-0.2, 0) is 27.2 Å². The normalized spacial score (nSPS) is 21.8. The smallest absolute Gasteiger partial charge is 0.412 e. The zero-order chi connectivity index (χ0) is 35.1. The number of nitrogens with one attached hydrogen (secondary N) is 2. The number of amides is 3. The van der Waals surface area contributed by atoms with E-state index in [1.165, 1.54) is 16.9 Å². The van der Waals surface area contributed by atoms with Crippen molar-refractivity contribution in [2.24, 2.45) is 5.92 Å². The number of fused-ring (bicyclic) bond motifs is 1. The lowest BCUT2D eigenvalue weighted by Crippen LogP contribution is -2.71. The number of aliphatic hydroxyl groups excluding tert-OH is 1. The Kier molecular flexibility index (Phi) is 12.4. The number of carbonyl (C=O) groups is 3. The number of phenols is 1. The van der Waals surface area contributed by atoms with Crippen molar-refractivity contribution in [2.75, 3.05) is 19.9 Å². The van der Waals surface area contributed by atoms with Crippen molar-refractivity contribution in [3.8, 4) is 11.5 Å². The molecular formula is C38H49N3O7S. The summed E-state index contributed by atoms with van der Waals surface area (Å²) in [6.07, 6.45) is 8.52. The van der Waals surface area contributed by atoms with Crippen molar-refractivity contribution >= 4 is 29.2 Å². The molecular weight excluding hydrogens is 642 g/mol. The molecule has 1 aliphatic carbocycles. The van der Waals surface area contributed by atoms with E-state index in [9.17, 15) is 24.6 Å². The zero-order valence-corrected chi connectivity index (χ0v) is 29.6. The first-order valence-electron chi connectivity index (χ1n) is 17.3. The van der Waals surface area contributed by atoms with Crippen LogP contribution in [-0.4, -0.2) is 65.0 Å². The van der Waals surface area contributed by atoms with E-state index in [-0.39, 0.29) is 55.0 Å². The monoisotopic (exact) mass is 691 g/mol. The fraction of sp³-hybridized carbons (Fsp3) is 0.500. The quantitative estimate of drug-likeness (QED) is 0.0751. The molecule has 49 heavy (non-hydrogen) atoms. The highest BCUT2D eigenvalue weighted by Gasteiger charge is 2.51. The summed E-state index contributed by atoms with van der Waals surface area (Å²) in [5.74, 6) is -0.109. The molecule has 0 bridgehead atoms. The largest absolute Gasteiger partial charge is 0.507 e. The van der Waals surface area contributed by atoms with Gasteiger partial charge in [-0.25, -0.2) is 4.79 Å². The highest BCUT2D eigenvalue weighted by Crippen LogP contribution is 2.47. The predicted octanol–water partition coefficient (Wildman–Crippen LogP) is 6.24. The molecule has 10 nitrogen and oxygen atoms in total. The number of hydrogen-bond donors (Lipinski definition) is 4. The Bertz CT molecular complexity index is 1600. The van der Waals surface area contributed by atoms with Crippen LogP contribution in [0.4, 0.5) is 4.79 Å². The fourth-order valence-corrected chi connectivity index (χ4v) is 8.00. The topological polar surface area (TPSA) is 137 Å². The molecule has 1 aromatic carbocycles. The average molecular weight is 692 g/mol. The summed E-state index contributed by atoms with van der Waals surface area (Å²) in [5, 5.41) is 28.4. The van der Waals surface area contributed by atoms with Crippen LogP contribution in [0.2, 0.25) is 0 Å². The number of allylic oxidation sites excluding steroid dienone is 3. The van der Waals surface area contributed by atoms with Crippen molar-refractivity contribution in [1.82, 2.24) is 15.5 Å². The maximum atomic E-state index is 13.4. The Morgan fingerprint density at radius 1 is 1.18 bits per heavy atom. The molecule has 0 spiro atoms. The van der Waals surface area contributed by atoms with Crippen LogP contribution in [0.1, 0.15) is 87.6 Å². The van der Waals surface area contributed by atoms with E-state index in [1.807, 2.05) is 30.5 Å². The number of carbonyl (C=O) groups excluding carboxylic acids is 3. The molecule has 2 aromatic rings. The van der Waals surface area contributed by atoms with Crippen LogP contribution >= 0.6 is 11.3 Å². The molecule has 264 valence electrons. The molecule has 0 unspecified atom stereocenters. The van der Waals surface area contributed by atoms with Gasteiger partial charge in [0.15, 0.2) is 0 Å². The molecule has 2 aliphatic heterocycles. The van der Waals surface area contributed by atoms with Crippen molar-refractivity contribution < 1.29 is 34.1 Å². The molecule has 4 atom stereocenters. The number of benzene rings is 1. The highest BCUT2D eigenvalue weighted by molar-refractivity contribution is 7.10. The van der Waals surface area contributed by atoms with Crippen molar-refractivity contribution in [3.63, 3.8) is 0 Å². The minimum absolute atomic E-state index is 0.0197. The van der Waals surface area contributed by atoms with Gasteiger partial charge in [-0.05, 0) is 93.0 Å². The minimum Gasteiger partial charge on any atom is -0.507 e. The molecule has 4 N–H and O–H groups in total. The van der Waals surface area contributed by atoms with Crippen LogP contribution in [0, 0.1) is 5.92 Å². The van der Waals surface area contributed by atoms with Crippen LogP contribution < -0.4 is 15.4 Å². The summed E-state index contributed by atoms with van der Waals surface area (Å²) in [4.78, 5) is 41.9. The third-order valence-electron chi connectivity index (χ3n) is 9.83. The molecule has 11 heteroatoms. The van der Waals surface area contributed by atoms with Crippen molar-refractivity contribution in [1.29, 1.82) is 0 Å². The summed E-state index contributed by atoms with van der Waals surface area (Å²) in [5.41, 5.74) is 5.07. The van der Waals surface area contributed by atoms with Gasteiger partial charge in [0.05, 0.1) is 19.1 Å². The second-order valence-corrected chi connectivity index (χ2v) is 14.4. The van der Waals surface area contributed by atoms with Gasteiger partial charge in [-0.1, -0.05) is 49.6 Å². The molecule has 0 radical (unpaired) electrons. The molecule has 3 amide bonds. The van der Waals surface area contributed by atoms with E-state index >= 15 is 0 Å². The van der Waals surface area contributed by atoms with Gasteiger partial charge in [0.1, 0.15) is 24.3 Å². The SMILES string of the molecule is C=C(C)[C@@H]1CCC(C)=C[C@H]1c1c(O)cc(CCCCC)cc1OC(=O)NCC1=C(COCO)N2C(=O)[C@@H](NC(=O)Cc3cccs3)[C@H]2CC1. The number of phenolic OH excluding ortho intramolecular Hbond substituents is 1. The van der Waals surface area contributed by atoms with Crippen LogP contribution in [0.15, 0.2) is 64.7 Å². The first-order chi connectivity index (χ1) is 23.6. The van der Waals surface area contributed by atoms with Crippen molar-refractivity contribution in [3.05, 3.63) is 80.7 Å². The van der Waals surface area contributed by atoms with Gasteiger partial charge in [-0.15, -0.1) is 11.3 Å². The number of aryl methyl sites for hydroxylation is 1. The van der Waals surface area contributed by atoms with E-state index < -0.39 is 18.9 Å². The standard InChI is InChI=1S/C38H49N3O7S/c1-5-6-7-9-25-17-32(43)35(29-16-24(4)11-13-28(29)23(2)3)33(18-25)48-38(46)39-20-26-12-14-30-36(37(45)41(30)31(26)21-47-22-42)40-34(44)19-27-10-8-15-49-27/h8,10,15-18,28-30,36,42-43H,2,5-7,9,11-14,19-22H2,1,3-4H3,(H,39,46)(H,40,44)/t28-,29+,30+,36-/m0/s1. The van der Waals surface area contributed by atoms with E-state index in [2.05, 4.69) is 37.1 Å². The van der Waals surface area contributed by atoms with Gasteiger partial charge in [-0.3, -0.25) is 9.59 Å². The van der Waals surface area contributed by atoms with E-state index in [4.69, 9.17) is 9.47 Å². The van der Waals surface area contributed by atoms with Crippen LogP contribution in [0.25, 0.3) is 0 Å². The number of unbranched alkanes of at least 4 members (excludes halogenated alkanes) is 2. The first kappa shape index (κ1) is 36.4. The fourth-order valence-electron chi connectivity index (χ4n) is 7.30. The number of aliphatic hydroxyl groups is 1. The van der Waals surface area contributed by atoms with Gasteiger partial charge >= 0.3 is 6.09 Å². The summed E-state index contributed by atoms with van der Waals surface area (Å²) in [7, 11) is 0. The maximum Gasteiger partial charge on any atom is 0.412 e. The number of nitrogens with zero attached hydrogens (tertiary/aromatic N) is 1. The van der Waals surface area contributed by atoms with E-state index in [1.54, 1.807) is 11.0 Å². The average Bonchev–Trinajstić information content (AvgIpc) is 3.58.